The fourth-order valence-electron chi connectivity index (χ4n) is 3.01. The number of methoxy groups -OCH3 is 1. The molecule has 0 saturated carbocycles. The van der Waals surface area contributed by atoms with E-state index in [1.165, 1.54) is 0 Å². The summed E-state index contributed by atoms with van der Waals surface area (Å²) in [7, 11) is 1.65. The van der Waals surface area contributed by atoms with Gasteiger partial charge in [0.2, 0.25) is 11.8 Å². The molecular weight excluding hydrogens is 318 g/mol. The summed E-state index contributed by atoms with van der Waals surface area (Å²) in [4.78, 5) is 14.4. The average Bonchev–Trinajstić information content (AvgIpc) is 3.06. The third-order valence-corrected chi connectivity index (χ3v) is 4.37. The number of rotatable bonds is 5. The van der Waals surface area contributed by atoms with Crippen LogP contribution in [-0.2, 0) is 11.2 Å². The SMILES string of the molecule is COc1ccc(CC(=O)N2CCC(Oc3ccc(C)nn3)C2)cc1C. The summed E-state index contributed by atoms with van der Waals surface area (Å²) in [5, 5.41) is 8.01. The highest BCUT2D eigenvalue weighted by molar-refractivity contribution is 5.79. The summed E-state index contributed by atoms with van der Waals surface area (Å²) in [5.41, 5.74) is 2.89. The van der Waals surface area contributed by atoms with Gasteiger partial charge in [-0.3, -0.25) is 4.79 Å². The predicted octanol–water partition coefficient (Wildman–Crippen LogP) is 2.32. The number of nitrogens with zero attached hydrogens (tertiary/aromatic N) is 3. The summed E-state index contributed by atoms with van der Waals surface area (Å²) in [6, 6.07) is 9.53. The molecule has 0 bridgehead atoms. The Morgan fingerprint density at radius 2 is 2.08 bits per heavy atom. The second-order valence-electron chi connectivity index (χ2n) is 6.36. The number of ether oxygens (including phenoxy) is 2. The van der Waals surface area contributed by atoms with Crippen LogP contribution < -0.4 is 9.47 Å². The number of amides is 1. The molecule has 6 nitrogen and oxygen atoms in total. The Hall–Kier alpha value is -2.63. The summed E-state index contributed by atoms with van der Waals surface area (Å²) in [5.74, 6) is 1.46. The lowest BCUT2D eigenvalue weighted by Crippen LogP contribution is -2.32. The second-order valence-corrected chi connectivity index (χ2v) is 6.36. The van der Waals surface area contributed by atoms with Crippen molar-refractivity contribution in [3.8, 4) is 11.6 Å². The number of aromatic nitrogens is 2. The van der Waals surface area contributed by atoms with Gasteiger partial charge in [-0.15, -0.1) is 5.10 Å². The summed E-state index contributed by atoms with van der Waals surface area (Å²) < 4.78 is 11.1. The van der Waals surface area contributed by atoms with Crippen molar-refractivity contribution in [1.82, 2.24) is 15.1 Å². The highest BCUT2D eigenvalue weighted by atomic mass is 16.5. The van der Waals surface area contributed by atoms with E-state index in [-0.39, 0.29) is 12.0 Å². The molecule has 25 heavy (non-hydrogen) atoms. The molecule has 0 radical (unpaired) electrons. The standard InChI is InChI=1S/C19H23N3O3/c1-13-10-15(5-6-17(13)24-3)11-19(23)22-9-8-16(12-22)25-18-7-4-14(2)20-21-18/h4-7,10,16H,8-9,11-12H2,1-3H3. The van der Waals surface area contributed by atoms with Crippen molar-refractivity contribution in [2.45, 2.75) is 32.8 Å². The lowest BCUT2D eigenvalue weighted by Gasteiger charge is -2.17. The van der Waals surface area contributed by atoms with Crippen molar-refractivity contribution in [2.24, 2.45) is 0 Å². The number of aryl methyl sites for hydroxylation is 2. The van der Waals surface area contributed by atoms with E-state index in [4.69, 9.17) is 9.47 Å². The van der Waals surface area contributed by atoms with Crippen LogP contribution in [0.2, 0.25) is 0 Å². The molecule has 2 aromatic rings. The molecule has 2 heterocycles. The Bertz CT molecular complexity index is 746. The molecule has 3 rings (SSSR count). The van der Waals surface area contributed by atoms with E-state index in [0.717, 1.165) is 29.0 Å². The highest BCUT2D eigenvalue weighted by Crippen LogP contribution is 2.21. The van der Waals surface area contributed by atoms with Crippen LogP contribution in [0.3, 0.4) is 0 Å². The van der Waals surface area contributed by atoms with Gasteiger partial charge in [-0.05, 0) is 37.1 Å². The molecule has 1 fully saturated rings. The monoisotopic (exact) mass is 341 g/mol. The molecule has 132 valence electrons. The molecule has 1 amide bonds. The first kappa shape index (κ1) is 17.2. The maximum Gasteiger partial charge on any atom is 0.233 e. The largest absolute Gasteiger partial charge is 0.496 e. The third kappa shape index (κ3) is 4.26. The lowest BCUT2D eigenvalue weighted by atomic mass is 10.1. The van der Waals surface area contributed by atoms with Crippen molar-refractivity contribution in [1.29, 1.82) is 0 Å². The van der Waals surface area contributed by atoms with E-state index in [9.17, 15) is 4.79 Å². The van der Waals surface area contributed by atoms with Crippen LogP contribution in [0.4, 0.5) is 0 Å². The van der Waals surface area contributed by atoms with Gasteiger partial charge in [-0.2, -0.15) is 5.10 Å². The van der Waals surface area contributed by atoms with E-state index < -0.39 is 0 Å². The van der Waals surface area contributed by atoms with Gasteiger partial charge in [-0.1, -0.05) is 12.1 Å². The van der Waals surface area contributed by atoms with E-state index in [0.29, 0.717) is 25.4 Å². The van der Waals surface area contributed by atoms with E-state index in [2.05, 4.69) is 10.2 Å². The maximum atomic E-state index is 12.5. The molecule has 1 aromatic heterocycles. The normalized spacial score (nSPS) is 16.8. The van der Waals surface area contributed by atoms with Gasteiger partial charge in [0.25, 0.3) is 0 Å². The van der Waals surface area contributed by atoms with Crippen LogP contribution in [0.5, 0.6) is 11.6 Å². The maximum absolute atomic E-state index is 12.5. The van der Waals surface area contributed by atoms with Crippen molar-refractivity contribution in [3.63, 3.8) is 0 Å². The molecule has 0 N–H and O–H groups in total. The molecule has 1 aliphatic rings. The second kappa shape index (κ2) is 7.51. The van der Waals surface area contributed by atoms with Crippen LogP contribution in [0, 0.1) is 13.8 Å². The first-order chi connectivity index (χ1) is 12.0. The van der Waals surface area contributed by atoms with Gasteiger partial charge in [0.1, 0.15) is 11.9 Å². The number of likely N-dealkylation sites (tertiary alicyclic amines) is 1. The van der Waals surface area contributed by atoms with Gasteiger partial charge in [0.15, 0.2) is 0 Å². The van der Waals surface area contributed by atoms with Gasteiger partial charge >= 0.3 is 0 Å². The molecule has 1 aliphatic heterocycles. The van der Waals surface area contributed by atoms with Gasteiger partial charge in [-0.25, -0.2) is 0 Å². The first-order valence-electron chi connectivity index (χ1n) is 8.43. The summed E-state index contributed by atoms with van der Waals surface area (Å²) in [6.07, 6.45) is 1.17. The Labute approximate surface area is 147 Å². The minimum absolute atomic E-state index is 0.0291. The number of carbonyl (C=O) groups is 1. The van der Waals surface area contributed by atoms with Crippen LogP contribution in [0.1, 0.15) is 23.2 Å². The number of hydrogen-bond donors (Lipinski definition) is 0. The van der Waals surface area contributed by atoms with Crippen molar-refractivity contribution in [3.05, 3.63) is 47.2 Å². The zero-order valence-electron chi connectivity index (χ0n) is 14.9. The van der Waals surface area contributed by atoms with Crippen molar-refractivity contribution >= 4 is 5.91 Å². The molecule has 0 spiro atoms. The van der Waals surface area contributed by atoms with E-state index >= 15 is 0 Å². The fraction of sp³-hybridized carbons (Fsp3) is 0.421. The van der Waals surface area contributed by atoms with Crippen LogP contribution in [-0.4, -0.2) is 47.3 Å². The minimum atomic E-state index is -0.0291. The lowest BCUT2D eigenvalue weighted by molar-refractivity contribution is -0.129. The fourth-order valence-corrected chi connectivity index (χ4v) is 3.01. The molecule has 1 atom stereocenters. The van der Waals surface area contributed by atoms with Crippen LogP contribution >= 0.6 is 0 Å². The Morgan fingerprint density at radius 3 is 2.76 bits per heavy atom. The zero-order chi connectivity index (χ0) is 17.8. The Balaban J connectivity index is 1.55. The predicted molar refractivity (Wildman–Crippen MR) is 93.8 cm³/mol. The first-order valence-corrected chi connectivity index (χ1v) is 8.43. The molecule has 6 heteroatoms. The molecular formula is C19H23N3O3. The number of benzene rings is 1. The van der Waals surface area contributed by atoms with Crippen molar-refractivity contribution in [2.75, 3.05) is 20.2 Å². The smallest absolute Gasteiger partial charge is 0.233 e. The van der Waals surface area contributed by atoms with Crippen LogP contribution in [0.15, 0.2) is 30.3 Å². The number of carbonyl (C=O) groups excluding carboxylic acids is 1. The molecule has 1 saturated heterocycles. The number of hydrogen-bond acceptors (Lipinski definition) is 5. The molecule has 1 aromatic carbocycles. The molecule has 1 unspecified atom stereocenters. The summed E-state index contributed by atoms with van der Waals surface area (Å²) in [6.45, 7) is 5.16. The van der Waals surface area contributed by atoms with E-state index in [1.54, 1.807) is 7.11 Å². The van der Waals surface area contributed by atoms with E-state index in [1.807, 2.05) is 49.1 Å². The minimum Gasteiger partial charge on any atom is -0.496 e. The van der Waals surface area contributed by atoms with Gasteiger partial charge in [0, 0.05) is 19.0 Å². The van der Waals surface area contributed by atoms with Crippen molar-refractivity contribution < 1.29 is 14.3 Å². The quantitative estimate of drug-likeness (QED) is 0.835. The third-order valence-electron chi connectivity index (χ3n) is 4.37. The molecule has 0 aliphatic carbocycles. The summed E-state index contributed by atoms with van der Waals surface area (Å²) >= 11 is 0. The highest BCUT2D eigenvalue weighted by Gasteiger charge is 2.28. The van der Waals surface area contributed by atoms with Crippen LogP contribution in [0.25, 0.3) is 0 Å². The Kier molecular flexibility index (Phi) is 5.16. The topological polar surface area (TPSA) is 64.5 Å². The van der Waals surface area contributed by atoms with Gasteiger partial charge in [0.05, 0.1) is 25.8 Å². The Morgan fingerprint density at radius 1 is 1.24 bits per heavy atom. The van der Waals surface area contributed by atoms with Gasteiger partial charge < -0.3 is 14.4 Å². The average molecular weight is 341 g/mol. The zero-order valence-corrected chi connectivity index (χ0v) is 14.9.